The SMILES string of the molecule is Cc1nn(C)c(C)c1CCNC(=O)c1cc(C(C)(C)C)[nH]n1. The standard InChI is InChI=1S/C16H25N5O/c1-10-12(11(2)21(6)20-10)7-8-17-15(22)13-9-14(19-18-13)16(3,4)5/h9H,7-8H2,1-6H3,(H,17,22)(H,18,19). The van der Waals surface area contributed by atoms with E-state index in [1.54, 1.807) is 0 Å². The molecular formula is C16H25N5O. The van der Waals surface area contributed by atoms with E-state index in [4.69, 9.17) is 0 Å². The molecule has 2 heterocycles. The van der Waals surface area contributed by atoms with Crippen molar-refractivity contribution in [2.45, 2.75) is 46.5 Å². The number of aromatic nitrogens is 4. The number of hydrogen-bond donors (Lipinski definition) is 2. The summed E-state index contributed by atoms with van der Waals surface area (Å²) in [4.78, 5) is 12.1. The number of nitrogens with zero attached hydrogens (tertiary/aromatic N) is 3. The molecule has 0 aliphatic heterocycles. The number of carbonyl (C=O) groups is 1. The predicted octanol–water partition coefficient (Wildman–Crippen LogP) is 2.03. The van der Waals surface area contributed by atoms with Crippen molar-refractivity contribution in [1.29, 1.82) is 0 Å². The molecule has 0 aromatic carbocycles. The number of aromatic amines is 1. The molecular weight excluding hydrogens is 278 g/mol. The number of rotatable bonds is 4. The summed E-state index contributed by atoms with van der Waals surface area (Å²) in [6.07, 6.45) is 0.772. The van der Waals surface area contributed by atoms with Crippen LogP contribution in [0, 0.1) is 13.8 Å². The summed E-state index contributed by atoms with van der Waals surface area (Å²) >= 11 is 0. The van der Waals surface area contributed by atoms with E-state index in [9.17, 15) is 4.79 Å². The van der Waals surface area contributed by atoms with Crippen molar-refractivity contribution in [2.24, 2.45) is 7.05 Å². The lowest BCUT2D eigenvalue weighted by Gasteiger charge is -2.14. The van der Waals surface area contributed by atoms with Crippen LogP contribution in [0.3, 0.4) is 0 Å². The Hall–Kier alpha value is -2.11. The highest BCUT2D eigenvalue weighted by molar-refractivity contribution is 5.92. The number of amides is 1. The minimum absolute atomic E-state index is 0.0462. The maximum atomic E-state index is 12.1. The molecule has 0 radical (unpaired) electrons. The van der Waals surface area contributed by atoms with E-state index in [2.05, 4.69) is 41.4 Å². The van der Waals surface area contributed by atoms with Crippen molar-refractivity contribution in [3.63, 3.8) is 0 Å². The molecule has 22 heavy (non-hydrogen) atoms. The largest absolute Gasteiger partial charge is 0.350 e. The summed E-state index contributed by atoms with van der Waals surface area (Å²) in [6, 6.07) is 1.82. The average molecular weight is 303 g/mol. The molecule has 0 bridgehead atoms. The van der Waals surface area contributed by atoms with Gasteiger partial charge in [-0.05, 0) is 31.9 Å². The smallest absolute Gasteiger partial charge is 0.271 e. The maximum absolute atomic E-state index is 12.1. The lowest BCUT2D eigenvalue weighted by Crippen LogP contribution is -2.26. The molecule has 0 saturated heterocycles. The van der Waals surface area contributed by atoms with Crippen LogP contribution in [0.4, 0.5) is 0 Å². The van der Waals surface area contributed by atoms with Crippen LogP contribution in [0.1, 0.15) is 53.9 Å². The molecule has 0 aliphatic carbocycles. The minimum atomic E-state index is -0.147. The topological polar surface area (TPSA) is 75.6 Å². The first-order chi connectivity index (χ1) is 10.2. The van der Waals surface area contributed by atoms with Gasteiger partial charge >= 0.3 is 0 Å². The molecule has 120 valence electrons. The second-order valence-corrected chi connectivity index (χ2v) is 6.70. The number of carbonyl (C=O) groups excluding carboxylic acids is 1. The molecule has 6 heteroatoms. The van der Waals surface area contributed by atoms with Crippen molar-refractivity contribution >= 4 is 5.91 Å². The second-order valence-electron chi connectivity index (χ2n) is 6.70. The Labute approximate surface area is 131 Å². The fourth-order valence-electron chi connectivity index (χ4n) is 2.39. The van der Waals surface area contributed by atoms with E-state index >= 15 is 0 Å². The summed E-state index contributed by atoms with van der Waals surface area (Å²) in [5.74, 6) is -0.147. The highest BCUT2D eigenvalue weighted by Gasteiger charge is 2.19. The van der Waals surface area contributed by atoms with E-state index in [-0.39, 0.29) is 11.3 Å². The summed E-state index contributed by atoms with van der Waals surface area (Å²) < 4.78 is 1.87. The zero-order valence-electron chi connectivity index (χ0n) is 14.2. The Morgan fingerprint density at radius 2 is 2.05 bits per heavy atom. The second kappa shape index (κ2) is 5.94. The molecule has 0 saturated carbocycles. The lowest BCUT2D eigenvalue weighted by atomic mass is 9.92. The minimum Gasteiger partial charge on any atom is -0.350 e. The third-order valence-electron chi connectivity index (χ3n) is 3.94. The van der Waals surface area contributed by atoms with E-state index in [1.807, 2.05) is 31.6 Å². The molecule has 0 fully saturated rings. The highest BCUT2D eigenvalue weighted by Crippen LogP contribution is 2.20. The summed E-state index contributed by atoms with van der Waals surface area (Å²) in [5, 5.41) is 14.3. The quantitative estimate of drug-likeness (QED) is 0.907. The Balaban J connectivity index is 1.94. The predicted molar refractivity (Wildman–Crippen MR) is 86.0 cm³/mol. The van der Waals surface area contributed by atoms with Crippen LogP contribution in [0.5, 0.6) is 0 Å². The van der Waals surface area contributed by atoms with Crippen LogP contribution in [0.25, 0.3) is 0 Å². The van der Waals surface area contributed by atoms with Gasteiger partial charge in [0.25, 0.3) is 5.91 Å². The summed E-state index contributed by atoms with van der Waals surface area (Å²) in [5.41, 5.74) is 4.70. The van der Waals surface area contributed by atoms with Crippen LogP contribution in [-0.2, 0) is 18.9 Å². The van der Waals surface area contributed by atoms with Gasteiger partial charge in [0.1, 0.15) is 5.69 Å². The van der Waals surface area contributed by atoms with Gasteiger partial charge in [-0.3, -0.25) is 14.6 Å². The lowest BCUT2D eigenvalue weighted by molar-refractivity contribution is 0.0949. The molecule has 6 nitrogen and oxygen atoms in total. The Morgan fingerprint density at radius 1 is 1.36 bits per heavy atom. The van der Waals surface area contributed by atoms with Gasteiger partial charge in [-0.1, -0.05) is 20.8 Å². The molecule has 0 atom stereocenters. The maximum Gasteiger partial charge on any atom is 0.271 e. The van der Waals surface area contributed by atoms with Crippen molar-refractivity contribution in [3.8, 4) is 0 Å². The van der Waals surface area contributed by atoms with Crippen LogP contribution in [0.2, 0.25) is 0 Å². The van der Waals surface area contributed by atoms with E-state index in [1.165, 1.54) is 5.56 Å². The third-order valence-corrected chi connectivity index (χ3v) is 3.94. The van der Waals surface area contributed by atoms with Crippen molar-refractivity contribution in [2.75, 3.05) is 6.54 Å². The molecule has 2 N–H and O–H groups in total. The van der Waals surface area contributed by atoms with Gasteiger partial charge in [0.15, 0.2) is 0 Å². The van der Waals surface area contributed by atoms with E-state index in [0.29, 0.717) is 12.2 Å². The zero-order chi connectivity index (χ0) is 16.5. The zero-order valence-corrected chi connectivity index (χ0v) is 14.2. The van der Waals surface area contributed by atoms with E-state index in [0.717, 1.165) is 23.5 Å². The van der Waals surface area contributed by atoms with Crippen molar-refractivity contribution in [1.82, 2.24) is 25.3 Å². The van der Waals surface area contributed by atoms with Crippen LogP contribution < -0.4 is 5.32 Å². The van der Waals surface area contributed by atoms with Crippen molar-refractivity contribution < 1.29 is 4.79 Å². The van der Waals surface area contributed by atoms with Gasteiger partial charge in [0.05, 0.1) is 5.69 Å². The fraction of sp³-hybridized carbons (Fsp3) is 0.562. The molecule has 0 aliphatic rings. The molecule has 2 rings (SSSR count). The monoisotopic (exact) mass is 303 g/mol. The summed E-state index contributed by atoms with van der Waals surface area (Å²) in [6.45, 7) is 10.8. The Morgan fingerprint density at radius 3 is 2.55 bits per heavy atom. The number of hydrogen-bond acceptors (Lipinski definition) is 3. The normalized spacial score (nSPS) is 11.7. The molecule has 0 spiro atoms. The molecule has 2 aromatic rings. The van der Waals surface area contributed by atoms with Gasteiger partial charge < -0.3 is 5.32 Å². The van der Waals surface area contributed by atoms with E-state index < -0.39 is 0 Å². The van der Waals surface area contributed by atoms with Crippen LogP contribution in [0.15, 0.2) is 6.07 Å². The Kier molecular flexibility index (Phi) is 4.39. The first-order valence-electron chi connectivity index (χ1n) is 7.53. The van der Waals surface area contributed by atoms with Crippen molar-refractivity contribution in [3.05, 3.63) is 34.4 Å². The first-order valence-corrected chi connectivity index (χ1v) is 7.53. The van der Waals surface area contributed by atoms with Crippen LogP contribution >= 0.6 is 0 Å². The van der Waals surface area contributed by atoms with Gasteiger partial charge in [0.2, 0.25) is 0 Å². The van der Waals surface area contributed by atoms with Gasteiger partial charge in [-0.2, -0.15) is 10.2 Å². The molecule has 2 aromatic heterocycles. The number of aryl methyl sites for hydroxylation is 2. The summed E-state index contributed by atoms with van der Waals surface area (Å²) in [7, 11) is 1.93. The molecule has 0 unspecified atom stereocenters. The molecule has 1 amide bonds. The van der Waals surface area contributed by atoms with Gasteiger partial charge in [-0.15, -0.1) is 0 Å². The van der Waals surface area contributed by atoms with Gasteiger partial charge in [-0.25, -0.2) is 0 Å². The fourth-order valence-corrected chi connectivity index (χ4v) is 2.39. The number of H-pyrrole nitrogens is 1. The van der Waals surface area contributed by atoms with Crippen LogP contribution in [-0.4, -0.2) is 32.4 Å². The van der Waals surface area contributed by atoms with Gasteiger partial charge in [0, 0.05) is 30.4 Å². The highest BCUT2D eigenvalue weighted by atomic mass is 16.1. The third kappa shape index (κ3) is 3.37. The first kappa shape index (κ1) is 16.3. The average Bonchev–Trinajstić information content (AvgIpc) is 2.99. The Bertz CT molecular complexity index is 675. The number of nitrogens with one attached hydrogen (secondary N) is 2.